The molecule has 0 heterocycles. The number of carbonyl (C=O) groups is 4. The first-order valence-electron chi connectivity index (χ1n) is 32.7. The number of unbranched alkanes of at least 4 members (excludes halogenated alkanes) is 33. The first-order chi connectivity index (χ1) is 39.1. The number of carbonyl (C=O) groups excluding carboxylic acids is 4. The van der Waals surface area contributed by atoms with Gasteiger partial charge in [0.15, 0.2) is 12.2 Å². The lowest BCUT2D eigenvalue weighted by atomic mass is 9.99. The van der Waals surface area contributed by atoms with Crippen LogP contribution in [0.3, 0.4) is 0 Å². The molecule has 0 aromatic carbocycles. The number of hydrogen-bond acceptors (Lipinski definition) is 15. The Hall–Kier alpha value is -1.94. The van der Waals surface area contributed by atoms with Crippen molar-refractivity contribution in [1.82, 2.24) is 0 Å². The molecule has 0 aliphatic rings. The van der Waals surface area contributed by atoms with Gasteiger partial charge in [-0.05, 0) is 31.6 Å². The predicted molar refractivity (Wildman–Crippen MR) is 322 cm³/mol. The van der Waals surface area contributed by atoms with E-state index in [9.17, 15) is 43.2 Å². The fourth-order valence-electron chi connectivity index (χ4n) is 9.20. The summed E-state index contributed by atoms with van der Waals surface area (Å²) in [7, 11) is -9.87. The maximum Gasteiger partial charge on any atom is 0.472 e. The standard InChI is InChI=1S/C62H120O17P2/c1-6-10-13-16-19-21-22-23-27-32-36-41-46-60(65)73-52-58(79-62(67)48-43-38-33-28-25-24-26-30-34-39-44-55(5)9-4)54-77-81(70,71)75-50-56(63)49-74-80(68,69)76-53-57(51-72-59(64)45-40-35-29-18-15-12-8-3)78-61(66)47-42-37-31-20-17-14-11-7-2/h55-58,63H,6-54H2,1-5H3,(H,68,69)(H,70,71)/t55?,56-,57+,58+/m0/s1. The lowest BCUT2D eigenvalue weighted by molar-refractivity contribution is -0.161. The Kier molecular flexibility index (Phi) is 54.6. The summed E-state index contributed by atoms with van der Waals surface area (Å²) in [6.07, 6.45) is 39.0. The molecular weight excluding hydrogens is 1080 g/mol. The number of esters is 4. The van der Waals surface area contributed by atoms with Crippen molar-refractivity contribution in [3.8, 4) is 0 Å². The summed E-state index contributed by atoms with van der Waals surface area (Å²) in [5.74, 6) is -1.34. The molecular formula is C62H120O17P2. The van der Waals surface area contributed by atoms with Gasteiger partial charge < -0.3 is 33.8 Å². The van der Waals surface area contributed by atoms with Crippen LogP contribution in [0.2, 0.25) is 0 Å². The van der Waals surface area contributed by atoms with E-state index in [-0.39, 0.29) is 25.7 Å². The molecule has 0 aromatic rings. The van der Waals surface area contributed by atoms with Crippen LogP contribution in [0.25, 0.3) is 0 Å². The van der Waals surface area contributed by atoms with Gasteiger partial charge in [0.05, 0.1) is 26.4 Å². The zero-order valence-corrected chi connectivity index (χ0v) is 53.7. The molecule has 0 fully saturated rings. The predicted octanol–water partition coefficient (Wildman–Crippen LogP) is 17.0. The molecule has 0 aliphatic carbocycles. The van der Waals surface area contributed by atoms with Crippen molar-refractivity contribution >= 4 is 39.5 Å². The minimum atomic E-state index is -4.94. The summed E-state index contributed by atoms with van der Waals surface area (Å²) in [5.41, 5.74) is 0. The van der Waals surface area contributed by atoms with Crippen molar-refractivity contribution in [3.05, 3.63) is 0 Å². The Balaban J connectivity index is 5.20. The summed E-state index contributed by atoms with van der Waals surface area (Å²) < 4.78 is 67.8. The second-order valence-electron chi connectivity index (χ2n) is 22.7. The number of rotatable bonds is 62. The largest absolute Gasteiger partial charge is 0.472 e. The summed E-state index contributed by atoms with van der Waals surface area (Å²) in [5, 5.41) is 10.5. The summed E-state index contributed by atoms with van der Waals surface area (Å²) in [4.78, 5) is 71.9. The van der Waals surface area contributed by atoms with E-state index in [0.29, 0.717) is 25.7 Å². The maximum absolute atomic E-state index is 13.0. The number of hydrogen-bond donors (Lipinski definition) is 3. The fourth-order valence-corrected chi connectivity index (χ4v) is 10.8. The Morgan fingerprint density at radius 1 is 0.346 bits per heavy atom. The van der Waals surface area contributed by atoms with Crippen LogP contribution in [0.5, 0.6) is 0 Å². The number of aliphatic hydroxyl groups excluding tert-OH is 1. The van der Waals surface area contributed by atoms with Crippen molar-refractivity contribution in [2.24, 2.45) is 5.92 Å². The molecule has 480 valence electrons. The van der Waals surface area contributed by atoms with Gasteiger partial charge in [-0.2, -0.15) is 0 Å². The van der Waals surface area contributed by atoms with E-state index in [1.807, 2.05) is 0 Å². The van der Waals surface area contributed by atoms with Crippen molar-refractivity contribution in [2.45, 2.75) is 329 Å². The highest BCUT2D eigenvalue weighted by molar-refractivity contribution is 7.47. The highest BCUT2D eigenvalue weighted by Crippen LogP contribution is 2.45. The van der Waals surface area contributed by atoms with Crippen LogP contribution < -0.4 is 0 Å². The molecule has 0 aliphatic heterocycles. The van der Waals surface area contributed by atoms with Gasteiger partial charge >= 0.3 is 39.5 Å². The van der Waals surface area contributed by atoms with Gasteiger partial charge in [0.25, 0.3) is 0 Å². The Morgan fingerprint density at radius 3 is 0.877 bits per heavy atom. The molecule has 19 heteroatoms. The van der Waals surface area contributed by atoms with Crippen molar-refractivity contribution in [3.63, 3.8) is 0 Å². The zero-order chi connectivity index (χ0) is 59.9. The molecule has 81 heavy (non-hydrogen) atoms. The fraction of sp³-hybridized carbons (Fsp3) is 0.935. The van der Waals surface area contributed by atoms with Crippen molar-refractivity contribution in [2.75, 3.05) is 39.6 Å². The van der Waals surface area contributed by atoms with Gasteiger partial charge in [0, 0.05) is 25.7 Å². The third kappa shape index (κ3) is 55.7. The third-order valence-corrected chi connectivity index (χ3v) is 16.5. The molecule has 0 amide bonds. The van der Waals surface area contributed by atoms with Gasteiger partial charge in [0.2, 0.25) is 0 Å². The highest BCUT2D eigenvalue weighted by Gasteiger charge is 2.30. The first-order valence-corrected chi connectivity index (χ1v) is 35.7. The van der Waals surface area contributed by atoms with E-state index in [2.05, 4.69) is 34.6 Å². The van der Waals surface area contributed by atoms with Gasteiger partial charge in [-0.1, -0.05) is 259 Å². The molecule has 3 N–H and O–H groups in total. The molecule has 0 saturated carbocycles. The molecule has 17 nitrogen and oxygen atoms in total. The molecule has 0 radical (unpaired) electrons. The number of aliphatic hydroxyl groups is 1. The quantitative estimate of drug-likeness (QED) is 0.0222. The van der Waals surface area contributed by atoms with Gasteiger partial charge in [-0.3, -0.25) is 37.3 Å². The van der Waals surface area contributed by atoms with Crippen LogP contribution in [0, 0.1) is 5.92 Å². The second-order valence-corrected chi connectivity index (χ2v) is 25.6. The molecule has 0 rings (SSSR count). The van der Waals surface area contributed by atoms with Gasteiger partial charge in [-0.25, -0.2) is 9.13 Å². The van der Waals surface area contributed by atoms with E-state index < -0.39 is 97.5 Å². The SMILES string of the molecule is CCCCCCCCCCCCCCC(=O)OC[C@H](COP(=O)(O)OC[C@@H](O)COP(=O)(O)OC[C@@H](COC(=O)CCCCCCCCC)OC(=O)CCCCCCCCCC)OC(=O)CCCCCCCCCCCCC(C)CC. The van der Waals surface area contributed by atoms with Crippen LogP contribution in [-0.4, -0.2) is 96.7 Å². The average Bonchev–Trinajstić information content (AvgIpc) is 3.44. The molecule has 0 spiro atoms. The molecule has 0 bridgehead atoms. The summed E-state index contributed by atoms with van der Waals surface area (Å²) >= 11 is 0. The third-order valence-electron chi connectivity index (χ3n) is 14.6. The minimum absolute atomic E-state index is 0.105. The van der Waals surface area contributed by atoms with Crippen molar-refractivity contribution in [1.29, 1.82) is 0 Å². The topological polar surface area (TPSA) is 237 Å². The lowest BCUT2D eigenvalue weighted by Gasteiger charge is -2.21. The van der Waals surface area contributed by atoms with Crippen LogP contribution >= 0.6 is 15.6 Å². The zero-order valence-electron chi connectivity index (χ0n) is 51.9. The van der Waals surface area contributed by atoms with Crippen LogP contribution in [0.15, 0.2) is 0 Å². The van der Waals surface area contributed by atoms with E-state index in [4.69, 9.17) is 37.0 Å². The Bertz CT molecular complexity index is 1590. The number of phosphoric acid groups is 2. The van der Waals surface area contributed by atoms with E-state index >= 15 is 0 Å². The number of ether oxygens (including phenoxy) is 4. The second kappa shape index (κ2) is 55.9. The summed E-state index contributed by atoms with van der Waals surface area (Å²) in [6.45, 7) is 7.14. The highest BCUT2D eigenvalue weighted by atomic mass is 31.2. The lowest BCUT2D eigenvalue weighted by Crippen LogP contribution is -2.30. The Labute approximate surface area is 492 Å². The van der Waals surface area contributed by atoms with E-state index in [1.165, 1.54) is 116 Å². The van der Waals surface area contributed by atoms with Crippen LogP contribution in [0.1, 0.15) is 311 Å². The molecule has 0 aromatic heterocycles. The maximum atomic E-state index is 13.0. The van der Waals surface area contributed by atoms with E-state index in [1.54, 1.807) is 0 Å². The first kappa shape index (κ1) is 79.1. The number of phosphoric ester groups is 2. The Morgan fingerprint density at radius 2 is 0.593 bits per heavy atom. The minimum Gasteiger partial charge on any atom is -0.462 e. The van der Waals surface area contributed by atoms with Gasteiger partial charge in [-0.15, -0.1) is 0 Å². The van der Waals surface area contributed by atoms with Crippen LogP contribution in [-0.2, 0) is 65.4 Å². The van der Waals surface area contributed by atoms with E-state index in [0.717, 1.165) is 115 Å². The normalized spacial score (nSPS) is 14.6. The van der Waals surface area contributed by atoms with Crippen molar-refractivity contribution < 1.29 is 80.2 Å². The average molecular weight is 1200 g/mol. The molecule has 0 saturated heterocycles. The molecule has 6 atom stereocenters. The molecule has 3 unspecified atom stereocenters. The van der Waals surface area contributed by atoms with Crippen LogP contribution in [0.4, 0.5) is 0 Å². The summed E-state index contributed by atoms with van der Waals surface area (Å²) in [6, 6.07) is 0. The smallest absolute Gasteiger partial charge is 0.462 e. The van der Waals surface area contributed by atoms with Gasteiger partial charge in [0.1, 0.15) is 19.3 Å². The monoisotopic (exact) mass is 1200 g/mol.